The van der Waals surface area contributed by atoms with Crippen LogP contribution < -0.4 is 14.8 Å². The molecule has 1 amide bonds. The average molecular weight is 417 g/mol. The first-order valence-corrected chi connectivity index (χ1v) is 10.7. The Hall–Kier alpha value is -2.24. The first-order chi connectivity index (χ1) is 14.2. The predicted octanol–water partition coefficient (Wildman–Crippen LogP) is 4.42. The van der Waals surface area contributed by atoms with Crippen LogP contribution in [0.2, 0.25) is 5.02 Å². The molecule has 0 unspecified atom stereocenters. The summed E-state index contributed by atoms with van der Waals surface area (Å²) in [7, 11) is 0. The number of nitrogens with zero attached hydrogens (tertiary/aromatic N) is 1. The minimum atomic E-state index is 0.278. The van der Waals surface area contributed by atoms with Gasteiger partial charge in [0.25, 0.3) is 0 Å². The predicted molar refractivity (Wildman–Crippen MR) is 116 cm³/mol. The summed E-state index contributed by atoms with van der Waals surface area (Å²) in [6, 6.07) is 13.8. The molecule has 0 atom stereocenters. The lowest BCUT2D eigenvalue weighted by Gasteiger charge is -2.17. The van der Waals surface area contributed by atoms with E-state index in [1.165, 1.54) is 0 Å². The van der Waals surface area contributed by atoms with Gasteiger partial charge in [0.1, 0.15) is 6.61 Å². The molecular formula is C23H29ClN2O3. The molecule has 0 radical (unpaired) electrons. The fourth-order valence-corrected chi connectivity index (χ4v) is 3.61. The molecule has 156 valence electrons. The number of amides is 1. The van der Waals surface area contributed by atoms with E-state index in [9.17, 15) is 4.79 Å². The van der Waals surface area contributed by atoms with E-state index in [1.54, 1.807) is 0 Å². The molecule has 1 saturated heterocycles. The van der Waals surface area contributed by atoms with Gasteiger partial charge in [-0.3, -0.25) is 4.79 Å². The fraction of sp³-hybridized carbons (Fsp3) is 0.435. The summed E-state index contributed by atoms with van der Waals surface area (Å²) >= 11 is 6.49. The number of carbonyl (C=O) groups excluding carboxylic acids is 1. The lowest BCUT2D eigenvalue weighted by molar-refractivity contribution is -0.127. The van der Waals surface area contributed by atoms with E-state index >= 15 is 0 Å². The number of rotatable bonds is 11. The van der Waals surface area contributed by atoms with Crippen LogP contribution in [0.5, 0.6) is 11.5 Å². The summed E-state index contributed by atoms with van der Waals surface area (Å²) in [5, 5.41) is 4.06. The molecule has 1 aliphatic rings. The van der Waals surface area contributed by atoms with Crippen molar-refractivity contribution in [3.8, 4) is 11.5 Å². The normalized spacial score (nSPS) is 13.7. The van der Waals surface area contributed by atoms with Gasteiger partial charge in [-0.05, 0) is 43.5 Å². The van der Waals surface area contributed by atoms with Crippen molar-refractivity contribution in [1.29, 1.82) is 0 Å². The van der Waals surface area contributed by atoms with Gasteiger partial charge >= 0.3 is 0 Å². The van der Waals surface area contributed by atoms with Crippen molar-refractivity contribution in [2.75, 3.05) is 26.2 Å². The monoisotopic (exact) mass is 416 g/mol. The Balaban J connectivity index is 1.53. The molecular weight excluding hydrogens is 388 g/mol. The number of hydrogen-bond donors (Lipinski definition) is 1. The Labute approximate surface area is 177 Å². The van der Waals surface area contributed by atoms with Crippen LogP contribution in [0.4, 0.5) is 0 Å². The van der Waals surface area contributed by atoms with Crippen LogP contribution >= 0.6 is 11.6 Å². The van der Waals surface area contributed by atoms with E-state index in [0.717, 1.165) is 43.6 Å². The van der Waals surface area contributed by atoms with Gasteiger partial charge in [-0.15, -0.1) is 0 Å². The minimum Gasteiger partial charge on any atom is -0.490 e. The third-order valence-electron chi connectivity index (χ3n) is 4.92. The first-order valence-electron chi connectivity index (χ1n) is 10.3. The Morgan fingerprint density at radius 1 is 1.14 bits per heavy atom. The van der Waals surface area contributed by atoms with Gasteiger partial charge in [-0.25, -0.2) is 0 Å². The van der Waals surface area contributed by atoms with E-state index in [4.69, 9.17) is 21.1 Å². The third kappa shape index (κ3) is 6.38. The summed E-state index contributed by atoms with van der Waals surface area (Å²) in [5.41, 5.74) is 2.06. The smallest absolute Gasteiger partial charge is 0.222 e. The second-order valence-corrected chi connectivity index (χ2v) is 7.52. The average Bonchev–Trinajstić information content (AvgIpc) is 3.14. The van der Waals surface area contributed by atoms with E-state index in [2.05, 4.69) is 5.32 Å². The van der Waals surface area contributed by atoms with E-state index in [1.807, 2.05) is 54.3 Å². The maximum Gasteiger partial charge on any atom is 0.222 e. The van der Waals surface area contributed by atoms with Crippen molar-refractivity contribution in [2.45, 2.75) is 39.3 Å². The second-order valence-electron chi connectivity index (χ2n) is 7.11. The number of carbonyl (C=O) groups is 1. The number of benzene rings is 2. The first kappa shape index (κ1) is 21.5. The molecule has 1 heterocycles. The minimum absolute atomic E-state index is 0.278. The fourth-order valence-electron chi connectivity index (χ4n) is 3.39. The molecule has 2 aromatic rings. The summed E-state index contributed by atoms with van der Waals surface area (Å²) in [6.45, 7) is 6.16. The van der Waals surface area contributed by atoms with Crippen LogP contribution in [0, 0.1) is 0 Å². The van der Waals surface area contributed by atoms with Gasteiger partial charge in [0.15, 0.2) is 11.5 Å². The molecule has 0 saturated carbocycles. The molecule has 2 aromatic carbocycles. The van der Waals surface area contributed by atoms with Crippen molar-refractivity contribution in [1.82, 2.24) is 10.2 Å². The maximum atomic E-state index is 11.6. The molecule has 1 fully saturated rings. The van der Waals surface area contributed by atoms with Crippen LogP contribution in [0.3, 0.4) is 0 Å². The summed E-state index contributed by atoms with van der Waals surface area (Å²) in [6.07, 6.45) is 2.61. The van der Waals surface area contributed by atoms with Crippen molar-refractivity contribution in [2.24, 2.45) is 0 Å². The zero-order chi connectivity index (χ0) is 20.5. The van der Waals surface area contributed by atoms with Crippen LogP contribution in [0.1, 0.15) is 37.3 Å². The molecule has 0 aliphatic carbocycles. The highest BCUT2D eigenvalue weighted by atomic mass is 35.5. The zero-order valence-electron chi connectivity index (χ0n) is 17.0. The van der Waals surface area contributed by atoms with E-state index in [0.29, 0.717) is 42.7 Å². The molecule has 1 N–H and O–H groups in total. The molecule has 5 nitrogen and oxygen atoms in total. The molecule has 29 heavy (non-hydrogen) atoms. The summed E-state index contributed by atoms with van der Waals surface area (Å²) < 4.78 is 11.7. The van der Waals surface area contributed by atoms with Gasteiger partial charge in [-0.2, -0.15) is 0 Å². The van der Waals surface area contributed by atoms with Gasteiger partial charge in [0, 0.05) is 37.1 Å². The highest BCUT2D eigenvalue weighted by Gasteiger charge is 2.19. The molecule has 3 rings (SSSR count). The van der Waals surface area contributed by atoms with Crippen LogP contribution in [0.25, 0.3) is 0 Å². The Kier molecular flexibility index (Phi) is 8.20. The van der Waals surface area contributed by atoms with Crippen LogP contribution in [-0.4, -0.2) is 37.0 Å². The van der Waals surface area contributed by atoms with Gasteiger partial charge < -0.3 is 19.7 Å². The van der Waals surface area contributed by atoms with Crippen molar-refractivity contribution >= 4 is 17.5 Å². The zero-order valence-corrected chi connectivity index (χ0v) is 17.7. The molecule has 0 aromatic heterocycles. The third-order valence-corrected chi connectivity index (χ3v) is 5.27. The number of likely N-dealkylation sites (tertiary alicyclic amines) is 1. The highest BCUT2D eigenvalue weighted by molar-refractivity contribution is 6.31. The Morgan fingerprint density at radius 3 is 2.66 bits per heavy atom. The number of nitrogens with one attached hydrogen (secondary N) is 1. The van der Waals surface area contributed by atoms with Crippen LogP contribution in [0.15, 0.2) is 42.5 Å². The number of hydrogen-bond acceptors (Lipinski definition) is 4. The van der Waals surface area contributed by atoms with E-state index in [-0.39, 0.29) is 5.91 Å². The Bertz CT molecular complexity index is 798. The Morgan fingerprint density at radius 2 is 1.93 bits per heavy atom. The quantitative estimate of drug-likeness (QED) is 0.551. The van der Waals surface area contributed by atoms with Crippen LogP contribution in [-0.2, 0) is 17.9 Å². The standard InChI is InChI=1S/C23H29ClN2O3/c1-2-28-21-14-19(16-25-11-7-13-26-12-6-10-23(26)27)20(24)15-22(21)29-17-18-8-4-3-5-9-18/h3-5,8-9,14-15,25H,2,6-7,10-13,16-17H2,1H3. The van der Waals surface area contributed by atoms with Gasteiger partial charge in [-0.1, -0.05) is 41.9 Å². The lowest BCUT2D eigenvalue weighted by atomic mass is 10.2. The maximum absolute atomic E-state index is 11.6. The summed E-state index contributed by atoms with van der Waals surface area (Å²) in [4.78, 5) is 13.6. The molecule has 6 heteroatoms. The number of ether oxygens (including phenoxy) is 2. The highest BCUT2D eigenvalue weighted by Crippen LogP contribution is 2.34. The number of halogens is 1. The van der Waals surface area contributed by atoms with Crippen molar-refractivity contribution in [3.63, 3.8) is 0 Å². The molecule has 1 aliphatic heterocycles. The van der Waals surface area contributed by atoms with E-state index < -0.39 is 0 Å². The molecule has 0 bridgehead atoms. The lowest BCUT2D eigenvalue weighted by Crippen LogP contribution is -2.28. The second kappa shape index (κ2) is 11.1. The summed E-state index contributed by atoms with van der Waals surface area (Å²) in [5.74, 6) is 1.63. The van der Waals surface area contributed by atoms with Crippen molar-refractivity contribution in [3.05, 3.63) is 58.6 Å². The van der Waals surface area contributed by atoms with Gasteiger partial charge in [0.05, 0.1) is 6.61 Å². The molecule has 0 spiro atoms. The topological polar surface area (TPSA) is 50.8 Å². The van der Waals surface area contributed by atoms with Gasteiger partial charge in [0.2, 0.25) is 5.91 Å². The SMILES string of the molecule is CCOc1cc(CNCCCN2CCCC2=O)c(Cl)cc1OCc1ccccc1. The van der Waals surface area contributed by atoms with Crippen molar-refractivity contribution < 1.29 is 14.3 Å². The largest absolute Gasteiger partial charge is 0.490 e.